The lowest BCUT2D eigenvalue weighted by atomic mass is 10.1. The Balaban J connectivity index is 1.75. The molecule has 1 heterocycles. The third-order valence-corrected chi connectivity index (χ3v) is 6.59. The fourth-order valence-corrected chi connectivity index (χ4v) is 4.23. The van der Waals surface area contributed by atoms with Gasteiger partial charge in [-0.15, -0.1) is 11.3 Å². The van der Waals surface area contributed by atoms with E-state index in [0.29, 0.717) is 25.1 Å². The Morgan fingerprint density at radius 2 is 1.74 bits per heavy atom. The molecule has 182 valence electrons. The van der Waals surface area contributed by atoms with Gasteiger partial charge in [-0.05, 0) is 54.1 Å². The minimum absolute atomic E-state index is 0.00967. The molecule has 3 rings (SSSR count). The standard InChI is InChI=1S/C27H29N3O4S/c1-3-21(2)29(26(31)16-13-22-11-14-24(15-12-22)30(33)34)20-27(32)28(19-25-10-7-17-35-25)18-23-8-5-4-6-9-23/h4-17,21H,3,18-20H2,1-2H3/b16-13+. The Labute approximate surface area is 209 Å². The lowest BCUT2D eigenvalue weighted by Crippen LogP contribution is -2.45. The number of thiophene rings is 1. The first-order valence-corrected chi connectivity index (χ1v) is 12.3. The SMILES string of the molecule is CCC(C)N(CC(=O)N(Cc1ccccc1)Cc1cccs1)C(=O)/C=C/c1ccc([N+](=O)[O-])cc1. The normalized spacial score (nSPS) is 11.8. The molecule has 35 heavy (non-hydrogen) atoms. The molecule has 0 bridgehead atoms. The van der Waals surface area contributed by atoms with Crippen molar-refractivity contribution in [2.24, 2.45) is 0 Å². The fourth-order valence-electron chi connectivity index (χ4n) is 3.51. The van der Waals surface area contributed by atoms with Crippen molar-refractivity contribution in [1.82, 2.24) is 9.80 Å². The van der Waals surface area contributed by atoms with Crippen molar-refractivity contribution in [1.29, 1.82) is 0 Å². The van der Waals surface area contributed by atoms with Crippen molar-refractivity contribution < 1.29 is 14.5 Å². The average Bonchev–Trinajstić information content (AvgIpc) is 3.39. The minimum atomic E-state index is -0.466. The lowest BCUT2D eigenvalue weighted by molar-refractivity contribution is -0.384. The fraction of sp³-hybridized carbons (Fsp3) is 0.259. The number of nitro benzene ring substituents is 1. The van der Waals surface area contributed by atoms with Crippen molar-refractivity contribution in [3.63, 3.8) is 0 Å². The maximum atomic E-state index is 13.4. The highest BCUT2D eigenvalue weighted by molar-refractivity contribution is 7.09. The molecule has 3 aromatic rings. The van der Waals surface area contributed by atoms with Gasteiger partial charge in [-0.3, -0.25) is 19.7 Å². The molecule has 0 saturated heterocycles. The Morgan fingerprint density at radius 1 is 1.03 bits per heavy atom. The molecule has 1 unspecified atom stereocenters. The number of hydrogen-bond donors (Lipinski definition) is 0. The number of amides is 2. The summed E-state index contributed by atoms with van der Waals surface area (Å²) in [4.78, 5) is 41.3. The summed E-state index contributed by atoms with van der Waals surface area (Å²) < 4.78 is 0. The van der Waals surface area contributed by atoms with Crippen molar-refractivity contribution in [2.45, 2.75) is 39.4 Å². The van der Waals surface area contributed by atoms with Gasteiger partial charge in [-0.25, -0.2) is 0 Å². The maximum Gasteiger partial charge on any atom is 0.269 e. The second kappa shape index (κ2) is 12.6. The smallest absolute Gasteiger partial charge is 0.269 e. The van der Waals surface area contributed by atoms with Crippen molar-refractivity contribution in [2.75, 3.05) is 6.54 Å². The second-order valence-electron chi connectivity index (χ2n) is 8.22. The molecular weight excluding hydrogens is 462 g/mol. The van der Waals surface area contributed by atoms with Gasteiger partial charge in [-0.1, -0.05) is 43.3 Å². The molecule has 7 nitrogen and oxygen atoms in total. The van der Waals surface area contributed by atoms with Gasteiger partial charge < -0.3 is 9.80 Å². The molecule has 0 fully saturated rings. The molecule has 0 radical (unpaired) electrons. The summed E-state index contributed by atoms with van der Waals surface area (Å²) in [6.45, 7) is 4.80. The number of rotatable bonds is 11. The van der Waals surface area contributed by atoms with E-state index in [4.69, 9.17) is 0 Å². The number of nitrogens with zero attached hydrogens (tertiary/aromatic N) is 3. The third-order valence-electron chi connectivity index (χ3n) is 5.73. The van der Waals surface area contributed by atoms with Gasteiger partial charge in [-0.2, -0.15) is 0 Å². The summed E-state index contributed by atoms with van der Waals surface area (Å²) in [5.74, 6) is -0.401. The second-order valence-corrected chi connectivity index (χ2v) is 9.25. The molecule has 2 aromatic carbocycles. The van der Waals surface area contributed by atoms with Crippen LogP contribution in [0.15, 0.2) is 78.2 Å². The number of carbonyl (C=O) groups is 2. The maximum absolute atomic E-state index is 13.4. The highest BCUT2D eigenvalue weighted by Crippen LogP contribution is 2.17. The molecule has 0 aliphatic heterocycles. The molecule has 2 amide bonds. The van der Waals surface area contributed by atoms with E-state index in [-0.39, 0.29) is 30.1 Å². The molecule has 1 atom stereocenters. The summed E-state index contributed by atoms with van der Waals surface area (Å²) in [5.41, 5.74) is 1.68. The van der Waals surface area contributed by atoms with Crippen LogP contribution in [0, 0.1) is 10.1 Å². The summed E-state index contributed by atoms with van der Waals surface area (Å²) in [6, 6.07) is 19.6. The van der Waals surface area contributed by atoms with E-state index in [2.05, 4.69) is 0 Å². The zero-order valence-corrected chi connectivity index (χ0v) is 20.7. The summed E-state index contributed by atoms with van der Waals surface area (Å²) in [7, 11) is 0. The minimum Gasteiger partial charge on any atom is -0.332 e. The van der Waals surface area contributed by atoms with Gasteiger partial charge in [0.05, 0.1) is 11.5 Å². The Morgan fingerprint density at radius 3 is 2.34 bits per heavy atom. The Kier molecular flexibility index (Phi) is 9.31. The summed E-state index contributed by atoms with van der Waals surface area (Å²) in [5, 5.41) is 12.8. The van der Waals surface area contributed by atoms with Crippen LogP contribution in [0.5, 0.6) is 0 Å². The quantitative estimate of drug-likeness (QED) is 0.201. The van der Waals surface area contributed by atoms with Crippen LogP contribution in [0.2, 0.25) is 0 Å². The van der Waals surface area contributed by atoms with Crippen molar-refractivity contribution in [3.8, 4) is 0 Å². The highest BCUT2D eigenvalue weighted by Gasteiger charge is 2.24. The molecule has 0 spiro atoms. The van der Waals surface area contributed by atoms with E-state index >= 15 is 0 Å². The molecule has 0 aliphatic rings. The molecule has 0 aliphatic carbocycles. The molecule has 0 N–H and O–H groups in total. The molecular formula is C27H29N3O4S. The van der Waals surface area contributed by atoms with Crippen molar-refractivity contribution in [3.05, 3.63) is 104 Å². The van der Waals surface area contributed by atoms with Gasteiger partial charge in [0, 0.05) is 35.7 Å². The van der Waals surface area contributed by atoms with Crippen LogP contribution < -0.4 is 0 Å². The monoisotopic (exact) mass is 491 g/mol. The zero-order valence-electron chi connectivity index (χ0n) is 19.9. The highest BCUT2D eigenvalue weighted by atomic mass is 32.1. The largest absolute Gasteiger partial charge is 0.332 e. The predicted molar refractivity (Wildman–Crippen MR) is 139 cm³/mol. The summed E-state index contributed by atoms with van der Waals surface area (Å²) in [6.07, 6.45) is 3.73. The summed E-state index contributed by atoms with van der Waals surface area (Å²) >= 11 is 1.60. The van der Waals surface area contributed by atoms with Crippen molar-refractivity contribution >= 4 is 34.9 Å². The van der Waals surface area contributed by atoms with Crippen LogP contribution in [0.1, 0.15) is 36.3 Å². The predicted octanol–water partition coefficient (Wildman–Crippen LogP) is 5.53. The topological polar surface area (TPSA) is 83.8 Å². The third kappa shape index (κ3) is 7.61. The number of hydrogen-bond acceptors (Lipinski definition) is 5. The lowest BCUT2D eigenvalue weighted by Gasteiger charge is -2.30. The van der Waals surface area contributed by atoms with Crippen LogP contribution in [0.4, 0.5) is 5.69 Å². The van der Waals surface area contributed by atoms with E-state index in [1.165, 1.54) is 18.2 Å². The van der Waals surface area contributed by atoms with Crippen LogP contribution in [0.3, 0.4) is 0 Å². The first-order valence-electron chi connectivity index (χ1n) is 11.4. The number of carbonyl (C=O) groups excluding carboxylic acids is 2. The van der Waals surface area contributed by atoms with Gasteiger partial charge in [0.25, 0.3) is 5.69 Å². The Bertz CT molecular complexity index is 1140. The van der Waals surface area contributed by atoms with Gasteiger partial charge >= 0.3 is 0 Å². The Hall–Kier alpha value is -3.78. The van der Waals surface area contributed by atoms with Crippen LogP contribution in [0.25, 0.3) is 6.08 Å². The first-order chi connectivity index (χ1) is 16.9. The first kappa shape index (κ1) is 25.8. The number of benzene rings is 2. The van der Waals surface area contributed by atoms with E-state index in [1.807, 2.05) is 61.7 Å². The molecule has 8 heteroatoms. The van der Waals surface area contributed by atoms with Gasteiger partial charge in [0.15, 0.2) is 0 Å². The van der Waals surface area contributed by atoms with Crippen LogP contribution in [-0.2, 0) is 22.7 Å². The van der Waals surface area contributed by atoms with Crippen LogP contribution >= 0.6 is 11.3 Å². The van der Waals surface area contributed by atoms with E-state index in [1.54, 1.807) is 39.3 Å². The number of nitro groups is 1. The van der Waals surface area contributed by atoms with Crippen LogP contribution in [-0.4, -0.2) is 39.1 Å². The van der Waals surface area contributed by atoms with Gasteiger partial charge in [0.1, 0.15) is 6.54 Å². The van der Waals surface area contributed by atoms with E-state index in [0.717, 1.165) is 10.4 Å². The molecule has 0 saturated carbocycles. The average molecular weight is 492 g/mol. The van der Waals surface area contributed by atoms with Gasteiger partial charge in [0.2, 0.25) is 11.8 Å². The zero-order chi connectivity index (χ0) is 25.2. The van der Waals surface area contributed by atoms with E-state index in [9.17, 15) is 19.7 Å². The van der Waals surface area contributed by atoms with E-state index < -0.39 is 4.92 Å². The molecule has 1 aromatic heterocycles. The number of non-ortho nitro benzene ring substituents is 1.